The van der Waals surface area contributed by atoms with Gasteiger partial charge in [0, 0.05) is 25.2 Å². The third kappa shape index (κ3) is 9.59. The molecule has 0 atom stereocenters. The number of rotatable bonds is 16. The summed E-state index contributed by atoms with van der Waals surface area (Å²) in [4.78, 5) is 17.1. The lowest BCUT2D eigenvalue weighted by Crippen LogP contribution is -2.32. The lowest BCUT2D eigenvalue weighted by Gasteiger charge is -2.22. The number of carbonyl (C=O) groups is 1. The number of unbranched alkanes of at least 4 members (excludes halogenated alkanes) is 2. The molecule has 0 spiro atoms. The lowest BCUT2D eigenvalue weighted by atomic mass is 10.2. The third-order valence-electron chi connectivity index (χ3n) is 4.92. The van der Waals surface area contributed by atoms with E-state index in [1.165, 1.54) is 38.8 Å². The molecule has 0 aliphatic rings. The molecule has 0 radical (unpaired) electrons. The Morgan fingerprint density at radius 3 is 1.79 bits per heavy atom. The van der Waals surface area contributed by atoms with E-state index in [0.29, 0.717) is 0 Å². The van der Waals surface area contributed by atoms with Crippen LogP contribution >= 0.6 is 0 Å². The Hall–Kier alpha value is -1.55. The highest BCUT2D eigenvalue weighted by atomic mass is 16.5. The largest absolute Gasteiger partial charge is 0.494 e. The van der Waals surface area contributed by atoms with Crippen molar-refractivity contribution in [3.8, 4) is 5.75 Å². The zero-order valence-electron chi connectivity index (χ0n) is 18.7. The Labute approximate surface area is 173 Å². The summed E-state index contributed by atoms with van der Waals surface area (Å²) >= 11 is 0. The predicted octanol–water partition coefficient (Wildman–Crippen LogP) is 5.62. The van der Waals surface area contributed by atoms with Gasteiger partial charge in [0.1, 0.15) is 5.75 Å². The topological polar surface area (TPSA) is 32.8 Å². The van der Waals surface area contributed by atoms with Crippen molar-refractivity contribution in [3.05, 3.63) is 29.8 Å². The van der Waals surface area contributed by atoms with Crippen LogP contribution in [-0.4, -0.2) is 55.0 Å². The van der Waals surface area contributed by atoms with Crippen molar-refractivity contribution in [2.24, 2.45) is 0 Å². The summed E-state index contributed by atoms with van der Waals surface area (Å²) in [5.41, 5.74) is 0.750. The van der Waals surface area contributed by atoms with Gasteiger partial charge in [0.05, 0.1) is 6.61 Å². The van der Waals surface area contributed by atoms with E-state index in [1.807, 2.05) is 29.2 Å². The Balaban J connectivity index is 2.44. The van der Waals surface area contributed by atoms with E-state index < -0.39 is 0 Å². The molecular weight excluding hydrogens is 348 g/mol. The fourth-order valence-electron chi connectivity index (χ4n) is 3.31. The molecule has 0 saturated heterocycles. The predicted molar refractivity (Wildman–Crippen MR) is 119 cm³/mol. The molecular formula is C24H42N2O2. The minimum atomic E-state index is 0.123. The number of nitrogens with zero attached hydrogens (tertiary/aromatic N) is 2. The first kappa shape index (κ1) is 24.5. The van der Waals surface area contributed by atoms with Crippen molar-refractivity contribution in [1.29, 1.82) is 0 Å². The molecule has 1 aromatic carbocycles. The van der Waals surface area contributed by atoms with Crippen LogP contribution in [0.1, 0.15) is 83.0 Å². The van der Waals surface area contributed by atoms with Crippen LogP contribution in [-0.2, 0) is 0 Å². The second-order valence-corrected chi connectivity index (χ2v) is 7.57. The molecule has 1 amide bonds. The van der Waals surface area contributed by atoms with Gasteiger partial charge in [-0.15, -0.1) is 0 Å². The van der Waals surface area contributed by atoms with E-state index in [2.05, 4.69) is 32.6 Å². The number of ether oxygens (including phenoxy) is 1. The summed E-state index contributed by atoms with van der Waals surface area (Å²) in [5.74, 6) is 0.973. The first-order chi connectivity index (χ1) is 13.7. The molecule has 0 fully saturated rings. The van der Waals surface area contributed by atoms with Crippen LogP contribution in [0.15, 0.2) is 24.3 Å². The summed E-state index contributed by atoms with van der Waals surface area (Å²) in [5, 5.41) is 0. The molecule has 0 saturated carbocycles. The summed E-state index contributed by atoms with van der Waals surface area (Å²) in [6.45, 7) is 14.6. The van der Waals surface area contributed by atoms with E-state index in [0.717, 1.165) is 56.8 Å². The SMILES string of the molecule is CCCCN(CCCC)CCCOc1ccc(C(=O)N(CCC)CCC)cc1. The summed E-state index contributed by atoms with van der Waals surface area (Å²) in [6.07, 6.45) is 8.05. The Kier molecular flexibility index (Phi) is 13.5. The van der Waals surface area contributed by atoms with E-state index >= 15 is 0 Å². The highest BCUT2D eigenvalue weighted by Gasteiger charge is 2.14. The monoisotopic (exact) mass is 390 g/mol. The normalized spacial score (nSPS) is 11.0. The summed E-state index contributed by atoms with van der Waals surface area (Å²) in [6, 6.07) is 7.64. The minimum Gasteiger partial charge on any atom is -0.494 e. The van der Waals surface area contributed by atoms with Gasteiger partial charge < -0.3 is 14.5 Å². The van der Waals surface area contributed by atoms with Crippen LogP contribution in [0.25, 0.3) is 0 Å². The maximum atomic E-state index is 12.6. The fraction of sp³-hybridized carbons (Fsp3) is 0.708. The zero-order valence-corrected chi connectivity index (χ0v) is 18.7. The average molecular weight is 391 g/mol. The number of benzene rings is 1. The summed E-state index contributed by atoms with van der Waals surface area (Å²) < 4.78 is 5.90. The van der Waals surface area contributed by atoms with Crippen LogP contribution in [0.2, 0.25) is 0 Å². The number of hydrogen-bond acceptors (Lipinski definition) is 3. The van der Waals surface area contributed by atoms with Crippen molar-refractivity contribution in [3.63, 3.8) is 0 Å². The summed E-state index contributed by atoms with van der Waals surface area (Å²) in [7, 11) is 0. The van der Waals surface area contributed by atoms with Gasteiger partial charge in [-0.3, -0.25) is 4.79 Å². The Morgan fingerprint density at radius 2 is 1.29 bits per heavy atom. The van der Waals surface area contributed by atoms with Crippen LogP contribution in [0.5, 0.6) is 5.75 Å². The smallest absolute Gasteiger partial charge is 0.253 e. The molecule has 0 unspecified atom stereocenters. The van der Waals surface area contributed by atoms with Gasteiger partial charge in [-0.05, 0) is 69.5 Å². The molecule has 0 N–H and O–H groups in total. The molecule has 4 nitrogen and oxygen atoms in total. The molecule has 0 heterocycles. The maximum Gasteiger partial charge on any atom is 0.253 e. The molecule has 160 valence electrons. The number of hydrogen-bond donors (Lipinski definition) is 0. The van der Waals surface area contributed by atoms with Crippen LogP contribution in [0, 0.1) is 0 Å². The van der Waals surface area contributed by atoms with Gasteiger partial charge in [0.15, 0.2) is 0 Å². The van der Waals surface area contributed by atoms with Crippen LogP contribution < -0.4 is 4.74 Å². The van der Waals surface area contributed by atoms with Gasteiger partial charge >= 0.3 is 0 Å². The molecule has 0 bridgehead atoms. The molecule has 0 aromatic heterocycles. The van der Waals surface area contributed by atoms with Crippen molar-refractivity contribution >= 4 is 5.91 Å². The van der Waals surface area contributed by atoms with Gasteiger partial charge in [0.25, 0.3) is 5.91 Å². The first-order valence-electron chi connectivity index (χ1n) is 11.4. The highest BCUT2D eigenvalue weighted by molar-refractivity contribution is 5.94. The molecule has 1 aromatic rings. The molecule has 1 rings (SSSR count). The van der Waals surface area contributed by atoms with Crippen LogP contribution in [0.4, 0.5) is 0 Å². The molecule has 28 heavy (non-hydrogen) atoms. The second-order valence-electron chi connectivity index (χ2n) is 7.57. The Bertz CT molecular complexity index is 502. The fourth-order valence-corrected chi connectivity index (χ4v) is 3.31. The molecule has 0 aliphatic carbocycles. The van der Waals surface area contributed by atoms with Crippen molar-refractivity contribution < 1.29 is 9.53 Å². The Morgan fingerprint density at radius 1 is 0.750 bits per heavy atom. The van der Waals surface area contributed by atoms with E-state index in [4.69, 9.17) is 4.74 Å². The third-order valence-corrected chi connectivity index (χ3v) is 4.92. The van der Waals surface area contributed by atoms with Gasteiger partial charge in [0.2, 0.25) is 0 Å². The average Bonchev–Trinajstić information content (AvgIpc) is 2.72. The quantitative estimate of drug-likeness (QED) is 0.343. The first-order valence-corrected chi connectivity index (χ1v) is 11.4. The van der Waals surface area contributed by atoms with E-state index in [-0.39, 0.29) is 5.91 Å². The van der Waals surface area contributed by atoms with Crippen LogP contribution in [0.3, 0.4) is 0 Å². The van der Waals surface area contributed by atoms with Gasteiger partial charge in [-0.25, -0.2) is 0 Å². The standard InChI is InChI=1S/C24H42N2O2/c1-5-9-18-25(19-10-6-2)20-11-21-28-23-14-12-22(13-15-23)24(27)26(16-7-3)17-8-4/h12-15H,5-11,16-21H2,1-4H3. The van der Waals surface area contributed by atoms with Crippen molar-refractivity contribution in [2.45, 2.75) is 72.6 Å². The van der Waals surface area contributed by atoms with Gasteiger partial charge in [-0.1, -0.05) is 40.5 Å². The lowest BCUT2D eigenvalue weighted by molar-refractivity contribution is 0.0755. The van der Waals surface area contributed by atoms with E-state index in [9.17, 15) is 4.79 Å². The molecule has 0 aliphatic heterocycles. The second kappa shape index (κ2) is 15.4. The number of carbonyl (C=O) groups excluding carboxylic acids is 1. The van der Waals surface area contributed by atoms with Gasteiger partial charge in [-0.2, -0.15) is 0 Å². The van der Waals surface area contributed by atoms with E-state index in [1.54, 1.807) is 0 Å². The van der Waals surface area contributed by atoms with Crippen molar-refractivity contribution in [1.82, 2.24) is 9.80 Å². The van der Waals surface area contributed by atoms with Crippen molar-refractivity contribution in [2.75, 3.05) is 39.3 Å². The zero-order chi connectivity index (χ0) is 20.6. The number of amides is 1. The molecule has 4 heteroatoms. The minimum absolute atomic E-state index is 0.123. The highest BCUT2D eigenvalue weighted by Crippen LogP contribution is 2.15. The maximum absolute atomic E-state index is 12.6.